The molecule has 0 aliphatic heterocycles. The fourth-order valence-corrected chi connectivity index (χ4v) is 2.21. The van der Waals surface area contributed by atoms with E-state index in [-0.39, 0.29) is 5.92 Å². The number of carbonyl (C=O) groups is 2. The zero-order valence-corrected chi connectivity index (χ0v) is 14.5. The van der Waals surface area contributed by atoms with E-state index in [4.69, 9.17) is 9.47 Å². The quantitative estimate of drug-likeness (QED) is 0.452. The highest BCUT2D eigenvalue weighted by molar-refractivity contribution is 6.00. The standard InChI is InChI=1S/C17H32O4/c1-7-11-20-15(18)17(14(5)6,10-9-13(3)4)16(19)21-12-8-2/h13-14H,7-12H2,1-6H3. The molecule has 0 aromatic rings. The normalized spacial score (nSPS) is 11.8. The van der Waals surface area contributed by atoms with Crippen LogP contribution in [0.2, 0.25) is 0 Å². The van der Waals surface area contributed by atoms with Crippen molar-refractivity contribution in [3.8, 4) is 0 Å². The molecule has 0 bridgehead atoms. The first-order valence-electron chi connectivity index (χ1n) is 8.17. The summed E-state index contributed by atoms with van der Waals surface area (Å²) < 4.78 is 10.6. The number of hydrogen-bond donors (Lipinski definition) is 0. The Hall–Kier alpha value is -1.06. The summed E-state index contributed by atoms with van der Waals surface area (Å²) in [6.07, 6.45) is 2.76. The summed E-state index contributed by atoms with van der Waals surface area (Å²) in [5, 5.41) is 0. The Morgan fingerprint density at radius 1 is 0.905 bits per heavy atom. The van der Waals surface area contributed by atoms with E-state index in [1.807, 2.05) is 27.7 Å². The summed E-state index contributed by atoms with van der Waals surface area (Å²) in [4.78, 5) is 25.1. The minimum atomic E-state index is -1.17. The molecule has 0 saturated heterocycles. The van der Waals surface area contributed by atoms with Crippen molar-refractivity contribution >= 4 is 11.9 Å². The van der Waals surface area contributed by atoms with Crippen molar-refractivity contribution in [1.29, 1.82) is 0 Å². The Morgan fingerprint density at radius 3 is 1.62 bits per heavy atom. The van der Waals surface area contributed by atoms with Crippen LogP contribution in [0, 0.1) is 17.3 Å². The second kappa shape index (κ2) is 9.80. The van der Waals surface area contributed by atoms with Crippen molar-refractivity contribution in [2.75, 3.05) is 13.2 Å². The summed E-state index contributed by atoms with van der Waals surface area (Å²) in [5.41, 5.74) is -1.17. The molecule has 0 aliphatic carbocycles. The monoisotopic (exact) mass is 300 g/mol. The van der Waals surface area contributed by atoms with Crippen LogP contribution >= 0.6 is 0 Å². The number of esters is 2. The fourth-order valence-electron chi connectivity index (χ4n) is 2.21. The van der Waals surface area contributed by atoms with E-state index in [0.717, 1.165) is 19.3 Å². The van der Waals surface area contributed by atoms with Crippen LogP contribution in [-0.2, 0) is 19.1 Å². The van der Waals surface area contributed by atoms with Crippen molar-refractivity contribution < 1.29 is 19.1 Å². The SMILES string of the molecule is CCCOC(=O)C(CCC(C)C)(C(=O)OCCC)C(C)C. The Balaban J connectivity index is 5.31. The van der Waals surface area contributed by atoms with Gasteiger partial charge in [0.1, 0.15) is 0 Å². The van der Waals surface area contributed by atoms with Gasteiger partial charge < -0.3 is 9.47 Å². The van der Waals surface area contributed by atoms with Crippen LogP contribution in [-0.4, -0.2) is 25.2 Å². The van der Waals surface area contributed by atoms with Crippen LogP contribution < -0.4 is 0 Å². The number of rotatable bonds is 10. The lowest BCUT2D eigenvalue weighted by atomic mass is 9.72. The van der Waals surface area contributed by atoms with Crippen molar-refractivity contribution in [2.24, 2.45) is 17.3 Å². The van der Waals surface area contributed by atoms with Crippen molar-refractivity contribution in [2.45, 2.75) is 67.2 Å². The molecule has 0 rings (SSSR count). The average Bonchev–Trinajstić information content (AvgIpc) is 2.42. The summed E-state index contributed by atoms with van der Waals surface area (Å²) >= 11 is 0. The van der Waals surface area contributed by atoms with Gasteiger partial charge in [0.15, 0.2) is 5.41 Å². The van der Waals surface area contributed by atoms with Gasteiger partial charge in [-0.3, -0.25) is 9.59 Å². The van der Waals surface area contributed by atoms with Crippen LogP contribution in [0.3, 0.4) is 0 Å². The molecule has 0 unspecified atom stereocenters. The third-order valence-electron chi connectivity index (χ3n) is 3.70. The molecule has 4 nitrogen and oxygen atoms in total. The highest BCUT2D eigenvalue weighted by Crippen LogP contribution is 2.37. The predicted octanol–water partition coefficient (Wildman–Crippen LogP) is 3.97. The minimum absolute atomic E-state index is 0.148. The van der Waals surface area contributed by atoms with Gasteiger partial charge in [0.05, 0.1) is 13.2 Å². The summed E-state index contributed by atoms with van der Waals surface area (Å²) in [6.45, 7) is 12.5. The lowest BCUT2D eigenvalue weighted by Gasteiger charge is -2.33. The van der Waals surface area contributed by atoms with Gasteiger partial charge in [0.2, 0.25) is 0 Å². The molecule has 0 spiro atoms. The zero-order chi connectivity index (χ0) is 16.5. The molecule has 0 aromatic heterocycles. The van der Waals surface area contributed by atoms with E-state index in [1.165, 1.54) is 0 Å². The van der Waals surface area contributed by atoms with Crippen molar-refractivity contribution in [3.63, 3.8) is 0 Å². The van der Waals surface area contributed by atoms with Gasteiger partial charge in [-0.25, -0.2) is 0 Å². The fraction of sp³-hybridized carbons (Fsp3) is 0.882. The van der Waals surface area contributed by atoms with E-state index < -0.39 is 17.4 Å². The molecule has 0 aromatic carbocycles. The maximum Gasteiger partial charge on any atom is 0.323 e. The first-order valence-corrected chi connectivity index (χ1v) is 8.17. The van der Waals surface area contributed by atoms with Crippen molar-refractivity contribution in [3.05, 3.63) is 0 Å². The largest absolute Gasteiger partial charge is 0.465 e. The van der Waals surface area contributed by atoms with E-state index in [1.54, 1.807) is 0 Å². The first-order chi connectivity index (χ1) is 9.82. The minimum Gasteiger partial charge on any atom is -0.465 e. The molecule has 0 saturated carbocycles. The Kier molecular flexibility index (Phi) is 9.31. The number of hydrogen-bond acceptors (Lipinski definition) is 4. The molecule has 0 aliphatic rings. The van der Waals surface area contributed by atoms with Crippen LogP contribution in [0.4, 0.5) is 0 Å². The summed E-state index contributed by atoms with van der Waals surface area (Å²) in [6, 6.07) is 0. The highest BCUT2D eigenvalue weighted by atomic mass is 16.6. The van der Waals surface area contributed by atoms with Gasteiger partial charge in [-0.05, 0) is 37.5 Å². The Bertz CT molecular complexity index is 301. The van der Waals surface area contributed by atoms with Gasteiger partial charge in [0.25, 0.3) is 0 Å². The van der Waals surface area contributed by atoms with Crippen LogP contribution in [0.5, 0.6) is 0 Å². The molecule has 0 fully saturated rings. The molecule has 4 heteroatoms. The van der Waals surface area contributed by atoms with E-state index >= 15 is 0 Å². The molecular formula is C17H32O4. The van der Waals surface area contributed by atoms with E-state index in [2.05, 4.69) is 13.8 Å². The van der Waals surface area contributed by atoms with Gasteiger partial charge in [0, 0.05) is 0 Å². The zero-order valence-electron chi connectivity index (χ0n) is 14.5. The first kappa shape index (κ1) is 19.9. The second-order valence-corrected chi connectivity index (χ2v) is 6.33. The van der Waals surface area contributed by atoms with Gasteiger partial charge in [-0.15, -0.1) is 0 Å². The highest BCUT2D eigenvalue weighted by Gasteiger charge is 2.51. The van der Waals surface area contributed by atoms with Gasteiger partial charge in [-0.1, -0.05) is 41.5 Å². The maximum absolute atomic E-state index is 12.6. The molecule has 0 amide bonds. The lowest BCUT2D eigenvalue weighted by Crippen LogP contribution is -2.46. The van der Waals surface area contributed by atoms with E-state index in [9.17, 15) is 9.59 Å². The predicted molar refractivity (Wildman–Crippen MR) is 83.8 cm³/mol. The molecule has 0 heterocycles. The molecule has 0 radical (unpaired) electrons. The van der Waals surface area contributed by atoms with Crippen LogP contribution in [0.15, 0.2) is 0 Å². The second-order valence-electron chi connectivity index (χ2n) is 6.33. The lowest BCUT2D eigenvalue weighted by molar-refractivity contribution is -0.177. The molecule has 124 valence electrons. The third kappa shape index (κ3) is 5.68. The molecule has 21 heavy (non-hydrogen) atoms. The third-order valence-corrected chi connectivity index (χ3v) is 3.70. The molecule has 0 N–H and O–H groups in total. The average molecular weight is 300 g/mol. The van der Waals surface area contributed by atoms with Crippen LogP contribution in [0.1, 0.15) is 67.2 Å². The Labute approximate surface area is 129 Å². The van der Waals surface area contributed by atoms with Crippen LogP contribution in [0.25, 0.3) is 0 Å². The topological polar surface area (TPSA) is 52.6 Å². The van der Waals surface area contributed by atoms with Crippen molar-refractivity contribution in [1.82, 2.24) is 0 Å². The Morgan fingerprint density at radius 2 is 1.33 bits per heavy atom. The maximum atomic E-state index is 12.6. The van der Waals surface area contributed by atoms with Gasteiger partial charge >= 0.3 is 11.9 Å². The summed E-state index contributed by atoms with van der Waals surface area (Å²) in [7, 11) is 0. The van der Waals surface area contributed by atoms with E-state index in [0.29, 0.717) is 25.6 Å². The van der Waals surface area contributed by atoms with Gasteiger partial charge in [-0.2, -0.15) is 0 Å². The summed E-state index contributed by atoms with van der Waals surface area (Å²) in [5.74, 6) is -0.590. The smallest absolute Gasteiger partial charge is 0.323 e. The molecular weight excluding hydrogens is 268 g/mol. The number of ether oxygens (including phenoxy) is 2. The molecule has 0 atom stereocenters. The number of carbonyl (C=O) groups excluding carboxylic acids is 2.